The number of nitrogens with zero attached hydrogens (tertiary/aromatic N) is 1. The van der Waals surface area contributed by atoms with Gasteiger partial charge in [-0.15, -0.1) is 0 Å². The first-order valence-corrected chi connectivity index (χ1v) is 6.85. The topological polar surface area (TPSA) is 71.8 Å². The highest BCUT2D eigenvalue weighted by Gasteiger charge is 2.44. The van der Waals surface area contributed by atoms with Crippen LogP contribution in [-0.4, -0.2) is 48.1 Å². The Bertz CT molecular complexity index is 503. The molecular weight excluding hydrogens is 260 g/mol. The van der Waals surface area contributed by atoms with Gasteiger partial charge in [0.05, 0.1) is 23.5 Å². The van der Waals surface area contributed by atoms with Crippen molar-refractivity contribution in [1.82, 2.24) is 10.2 Å². The van der Waals surface area contributed by atoms with Crippen LogP contribution >= 0.6 is 0 Å². The lowest BCUT2D eigenvalue weighted by molar-refractivity contribution is -0.158. The lowest BCUT2D eigenvalue weighted by Gasteiger charge is -2.47. The van der Waals surface area contributed by atoms with E-state index in [1.54, 1.807) is 6.07 Å². The first-order chi connectivity index (χ1) is 9.61. The monoisotopic (exact) mass is 278 g/mol. The molecule has 0 saturated carbocycles. The van der Waals surface area contributed by atoms with Gasteiger partial charge in [0.2, 0.25) is 5.91 Å². The number of carbonyl (C=O) groups excluding carboxylic acids is 2. The molecule has 1 aromatic heterocycles. The molecule has 2 aliphatic heterocycles. The van der Waals surface area contributed by atoms with Crippen LogP contribution in [0.5, 0.6) is 0 Å². The summed E-state index contributed by atoms with van der Waals surface area (Å²) >= 11 is 0. The molecule has 6 nitrogen and oxygen atoms in total. The molecule has 0 aliphatic carbocycles. The van der Waals surface area contributed by atoms with Crippen molar-refractivity contribution in [3.05, 3.63) is 24.2 Å². The zero-order chi connectivity index (χ0) is 14.2. The Morgan fingerprint density at radius 3 is 2.80 bits per heavy atom. The molecule has 2 fully saturated rings. The Labute approximate surface area is 117 Å². The van der Waals surface area contributed by atoms with Crippen molar-refractivity contribution in [2.45, 2.75) is 31.4 Å². The molecule has 0 unspecified atom stereocenters. The fourth-order valence-electron chi connectivity index (χ4n) is 2.98. The number of rotatable bonds is 1. The number of ether oxygens (including phenoxy) is 1. The van der Waals surface area contributed by atoms with Gasteiger partial charge < -0.3 is 19.4 Å². The van der Waals surface area contributed by atoms with E-state index >= 15 is 0 Å². The number of likely N-dealkylation sites (tertiary alicyclic amines) is 1. The molecule has 0 aromatic carbocycles. The second-order valence-corrected chi connectivity index (χ2v) is 5.45. The fraction of sp³-hybridized carbons (Fsp3) is 0.571. The van der Waals surface area contributed by atoms with Crippen LogP contribution in [0.15, 0.2) is 23.0 Å². The second kappa shape index (κ2) is 4.94. The van der Waals surface area contributed by atoms with E-state index in [9.17, 15) is 9.59 Å². The average molecular weight is 278 g/mol. The van der Waals surface area contributed by atoms with E-state index in [1.807, 2.05) is 11.8 Å². The van der Waals surface area contributed by atoms with Crippen LogP contribution in [0.3, 0.4) is 0 Å². The van der Waals surface area contributed by atoms with Crippen molar-refractivity contribution >= 4 is 11.8 Å². The summed E-state index contributed by atoms with van der Waals surface area (Å²) < 4.78 is 10.7. The number of hydrogen-bond acceptors (Lipinski definition) is 4. The van der Waals surface area contributed by atoms with Crippen LogP contribution in [0.1, 0.15) is 30.1 Å². The largest absolute Gasteiger partial charge is 0.472 e. The van der Waals surface area contributed by atoms with Crippen LogP contribution in [0, 0.1) is 0 Å². The van der Waals surface area contributed by atoms with Gasteiger partial charge in [-0.2, -0.15) is 0 Å². The van der Waals surface area contributed by atoms with Crippen LogP contribution in [0.2, 0.25) is 0 Å². The third-order valence-corrected chi connectivity index (χ3v) is 4.32. The van der Waals surface area contributed by atoms with Gasteiger partial charge in [-0.25, -0.2) is 0 Å². The summed E-state index contributed by atoms with van der Waals surface area (Å²) in [6.45, 7) is 3.33. The predicted octanol–water partition coefficient (Wildman–Crippen LogP) is 0.789. The maximum absolute atomic E-state index is 12.2. The van der Waals surface area contributed by atoms with E-state index in [2.05, 4.69) is 5.32 Å². The standard InChI is InChI=1S/C14H18N2O4/c1-10-14(20-9-12(17)15-10)3-5-16(6-4-14)13(18)11-2-7-19-8-11/h2,7-8,10H,3-6,9H2,1H3,(H,15,17)/t10-/m1/s1. The van der Waals surface area contributed by atoms with Crippen molar-refractivity contribution in [2.75, 3.05) is 19.7 Å². The summed E-state index contributed by atoms with van der Waals surface area (Å²) in [4.78, 5) is 25.3. The number of carbonyl (C=O) groups is 2. The molecule has 20 heavy (non-hydrogen) atoms. The minimum atomic E-state index is -0.332. The Morgan fingerprint density at radius 1 is 1.45 bits per heavy atom. The number of nitrogens with one attached hydrogen (secondary N) is 1. The molecule has 3 heterocycles. The van der Waals surface area contributed by atoms with Crippen LogP contribution in [-0.2, 0) is 9.53 Å². The number of furan rings is 1. The van der Waals surface area contributed by atoms with Crippen molar-refractivity contribution in [1.29, 1.82) is 0 Å². The Morgan fingerprint density at radius 2 is 2.20 bits per heavy atom. The summed E-state index contributed by atoms with van der Waals surface area (Å²) in [5.74, 6) is -0.0823. The predicted molar refractivity (Wildman–Crippen MR) is 70.1 cm³/mol. The van der Waals surface area contributed by atoms with Gasteiger partial charge in [-0.3, -0.25) is 9.59 Å². The Balaban J connectivity index is 1.65. The van der Waals surface area contributed by atoms with Crippen molar-refractivity contribution < 1.29 is 18.7 Å². The van der Waals surface area contributed by atoms with E-state index in [-0.39, 0.29) is 30.1 Å². The highest BCUT2D eigenvalue weighted by molar-refractivity contribution is 5.93. The lowest BCUT2D eigenvalue weighted by atomic mass is 9.83. The molecule has 1 N–H and O–H groups in total. The SMILES string of the molecule is C[C@H]1NC(=O)COC12CCN(C(=O)c1ccoc1)CC2. The Kier molecular flexibility index (Phi) is 3.25. The summed E-state index contributed by atoms with van der Waals surface area (Å²) in [7, 11) is 0. The van der Waals surface area contributed by atoms with Crippen molar-refractivity contribution in [3.63, 3.8) is 0 Å². The minimum absolute atomic E-state index is 0.0129. The molecule has 0 bridgehead atoms. The third-order valence-electron chi connectivity index (χ3n) is 4.32. The highest BCUT2D eigenvalue weighted by atomic mass is 16.5. The van der Waals surface area contributed by atoms with E-state index < -0.39 is 0 Å². The van der Waals surface area contributed by atoms with Gasteiger partial charge in [-0.05, 0) is 25.8 Å². The van der Waals surface area contributed by atoms with Crippen LogP contribution < -0.4 is 5.32 Å². The number of hydrogen-bond donors (Lipinski definition) is 1. The van der Waals surface area contributed by atoms with Gasteiger partial charge in [-0.1, -0.05) is 0 Å². The normalized spacial score (nSPS) is 25.6. The molecule has 6 heteroatoms. The van der Waals surface area contributed by atoms with Gasteiger partial charge in [0.15, 0.2) is 0 Å². The third kappa shape index (κ3) is 2.20. The van der Waals surface area contributed by atoms with Crippen LogP contribution in [0.25, 0.3) is 0 Å². The van der Waals surface area contributed by atoms with Crippen LogP contribution in [0.4, 0.5) is 0 Å². The van der Waals surface area contributed by atoms with E-state index in [0.29, 0.717) is 18.7 Å². The molecule has 0 radical (unpaired) electrons. The Hall–Kier alpha value is -1.82. The lowest BCUT2D eigenvalue weighted by Crippen LogP contribution is -2.63. The molecule has 1 aromatic rings. The quantitative estimate of drug-likeness (QED) is 0.824. The number of amides is 2. The van der Waals surface area contributed by atoms with Gasteiger partial charge in [0.25, 0.3) is 5.91 Å². The molecule has 2 amide bonds. The van der Waals surface area contributed by atoms with Crippen molar-refractivity contribution in [2.24, 2.45) is 0 Å². The summed E-state index contributed by atoms with van der Waals surface area (Å²) in [5, 5.41) is 2.93. The van der Waals surface area contributed by atoms with Crippen molar-refractivity contribution in [3.8, 4) is 0 Å². The molecule has 2 saturated heterocycles. The molecule has 1 atom stereocenters. The zero-order valence-corrected chi connectivity index (χ0v) is 11.4. The van der Waals surface area contributed by atoms with Gasteiger partial charge in [0, 0.05) is 13.1 Å². The zero-order valence-electron chi connectivity index (χ0n) is 11.4. The van der Waals surface area contributed by atoms with Gasteiger partial charge in [0.1, 0.15) is 12.9 Å². The summed E-state index contributed by atoms with van der Waals surface area (Å²) in [6, 6.07) is 1.65. The smallest absolute Gasteiger partial charge is 0.257 e. The van der Waals surface area contributed by atoms with E-state index in [0.717, 1.165) is 12.8 Å². The maximum Gasteiger partial charge on any atom is 0.257 e. The summed E-state index contributed by atoms with van der Waals surface area (Å²) in [5.41, 5.74) is 0.244. The minimum Gasteiger partial charge on any atom is -0.472 e. The molecule has 108 valence electrons. The molecule has 1 spiro atoms. The van der Waals surface area contributed by atoms with Gasteiger partial charge >= 0.3 is 0 Å². The first-order valence-electron chi connectivity index (χ1n) is 6.85. The number of piperidine rings is 1. The van der Waals surface area contributed by atoms with E-state index in [4.69, 9.17) is 9.15 Å². The maximum atomic E-state index is 12.2. The number of morpholine rings is 1. The summed E-state index contributed by atoms with van der Waals surface area (Å²) in [6.07, 6.45) is 4.43. The highest BCUT2D eigenvalue weighted by Crippen LogP contribution is 2.32. The molecule has 2 aliphatic rings. The molecular formula is C14H18N2O4. The first kappa shape index (κ1) is 13.2. The fourth-order valence-corrected chi connectivity index (χ4v) is 2.98. The molecule has 3 rings (SSSR count). The average Bonchev–Trinajstić information content (AvgIpc) is 2.98. The second-order valence-electron chi connectivity index (χ2n) is 5.45. The van der Waals surface area contributed by atoms with E-state index in [1.165, 1.54) is 12.5 Å².